The van der Waals surface area contributed by atoms with Crippen molar-refractivity contribution in [2.24, 2.45) is 0 Å². The minimum Gasteiger partial charge on any atom is -0.0775 e. The normalized spacial score (nSPS) is 19.2. The van der Waals surface area contributed by atoms with Crippen LogP contribution in [-0.4, -0.2) is 11.8 Å². The SMILES string of the molecule is CCCCCCCCC[P]C1CCCCCCC1. The molecule has 1 fully saturated rings. The molecule has 1 saturated carbocycles. The average Bonchev–Trinajstić information content (AvgIpc) is 2.34. The topological polar surface area (TPSA) is 0 Å². The first-order valence-electron chi connectivity index (χ1n) is 8.60. The van der Waals surface area contributed by atoms with E-state index in [4.69, 9.17) is 0 Å². The zero-order chi connectivity index (χ0) is 12.9. The van der Waals surface area contributed by atoms with Gasteiger partial charge in [-0.15, -0.1) is 0 Å². The molecule has 0 aromatic carbocycles. The van der Waals surface area contributed by atoms with E-state index in [1.165, 1.54) is 96.1 Å². The quantitative estimate of drug-likeness (QED) is 0.319. The highest BCUT2D eigenvalue weighted by Gasteiger charge is 2.11. The summed E-state index contributed by atoms with van der Waals surface area (Å²) in [5.74, 6) is 0. The Morgan fingerprint density at radius 3 is 1.94 bits per heavy atom. The maximum atomic E-state index is 2.30. The van der Waals surface area contributed by atoms with Crippen molar-refractivity contribution in [3.05, 3.63) is 0 Å². The van der Waals surface area contributed by atoms with Crippen molar-refractivity contribution in [3.63, 3.8) is 0 Å². The zero-order valence-electron chi connectivity index (χ0n) is 12.6. The molecule has 0 amide bonds. The summed E-state index contributed by atoms with van der Waals surface area (Å²) in [6.07, 6.45) is 22.3. The van der Waals surface area contributed by atoms with Gasteiger partial charge in [-0.25, -0.2) is 0 Å². The van der Waals surface area contributed by atoms with Crippen molar-refractivity contribution < 1.29 is 0 Å². The summed E-state index contributed by atoms with van der Waals surface area (Å²) in [6.45, 7) is 2.30. The Morgan fingerprint density at radius 1 is 0.722 bits per heavy atom. The van der Waals surface area contributed by atoms with E-state index in [9.17, 15) is 0 Å². The zero-order valence-corrected chi connectivity index (χ0v) is 13.5. The molecule has 18 heavy (non-hydrogen) atoms. The summed E-state index contributed by atoms with van der Waals surface area (Å²) in [5.41, 5.74) is 1.06. The molecular formula is C17H34P. The molecule has 1 aliphatic carbocycles. The van der Waals surface area contributed by atoms with Crippen molar-refractivity contribution in [2.75, 3.05) is 6.16 Å². The lowest BCUT2D eigenvalue weighted by Crippen LogP contribution is -2.04. The Labute approximate surface area is 117 Å². The predicted molar refractivity (Wildman–Crippen MR) is 85.9 cm³/mol. The van der Waals surface area contributed by atoms with E-state index in [2.05, 4.69) is 6.92 Å². The summed E-state index contributed by atoms with van der Waals surface area (Å²) in [7, 11) is 1.79. The maximum Gasteiger partial charge on any atom is -0.0170 e. The van der Waals surface area contributed by atoms with Crippen molar-refractivity contribution in [2.45, 2.75) is 102 Å². The first-order valence-corrected chi connectivity index (χ1v) is 9.75. The van der Waals surface area contributed by atoms with Crippen LogP contribution in [0.2, 0.25) is 0 Å². The lowest BCUT2D eigenvalue weighted by molar-refractivity contribution is 0.510. The Kier molecular flexibility index (Phi) is 11.4. The summed E-state index contributed by atoms with van der Waals surface area (Å²) >= 11 is 0. The molecule has 0 aliphatic heterocycles. The molecule has 0 nitrogen and oxygen atoms in total. The summed E-state index contributed by atoms with van der Waals surface area (Å²) in [4.78, 5) is 0. The highest BCUT2D eigenvalue weighted by Crippen LogP contribution is 2.32. The van der Waals surface area contributed by atoms with Gasteiger partial charge in [-0.3, -0.25) is 0 Å². The number of hydrogen-bond donors (Lipinski definition) is 0. The highest BCUT2D eigenvalue weighted by molar-refractivity contribution is 7.38. The monoisotopic (exact) mass is 269 g/mol. The minimum atomic E-state index is 1.06. The smallest absolute Gasteiger partial charge is 0.0170 e. The fourth-order valence-corrected chi connectivity index (χ4v) is 4.46. The van der Waals surface area contributed by atoms with Gasteiger partial charge < -0.3 is 0 Å². The van der Waals surface area contributed by atoms with Crippen LogP contribution in [0.5, 0.6) is 0 Å². The van der Waals surface area contributed by atoms with Crippen LogP contribution < -0.4 is 0 Å². The Balaban J connectivity index is 1.86. The van der Waals surface area contributed by atoms with E-state index >= 15 is 0 Å². The van der Waals surface area contributed by atoms with Gasteiger partial charge >= 0.3 is 0 Å². The van der Waals surface area contributed by atoms with Gasteiger partial charge in [0.05, 0.1) is 0 Å². The molecule has 0 N–H and O–H groups in total. The van der Waals surface area contributed by atoms with Crippen LogP contribution in [0.3, 0.4) is 0 Å². The third kappa shape index (κ3) is 9.37. The van der Waals surface area contributed by atoms with Crippen molar-refractivity contribution in [1.82, 2.24) is 0 Å². The molecule has 1 radical (unpaired) electrons. The Hall–Kier alpha value is 0.430. The van der Waals surface area contributed by atoms with Gasteiger partial charge in [0, 0.05) is 0 Å². The third-order valence-electron chi connectivity index (χ3n) is 4.22. The molecule has 0 aromatic heterocycles. The standard InChI is InChI=1S/C17H34P/c1-2-3-4-5-6-10-13-16-18-17-14-11-8-7-9-12-15-17/h17H,2-16H2,1H3. The Morgan fingerprint density at radius 2 is 1.28 bits per heavy atom. The van der Waals surface area contributed by atoms with Crippen LogP contribution in [0, 0.1) is 0 Å². The van der Waals surface area contributed by atoms with Crippen molar-refractivity contribution in [1.29, 1.82) is 0 Å². The van der Waals surface area contributed by atoms with Crippen LogP contribution in [-0.2, 0) is 0 Å². The first kappa shape index (κ1) is 16.5. The summed E-state index contributed by atoms with van der Waals surface area (Å²) < 4.78 is 0. The second-order valence-corrected chi connectivity index (χ2v) is 7.57. The molecule has 0 aromatic rings. The van der Waals surface area contributed by atoms with Gasteiger partial charge in [-0.2, -0.15) is 0 Å². The lowest BCUT2D eigenvalue weighted by Gasteiger charge is -2.18. The maximum absolute atomic E-state index is 2.30. The average molecular weight is 269 g/mol. The summed E-state index contributed by atoms with van der Waals surface area (Å²) in [6, 6.07) is 0. The molecule has 107 valence electrons. The Bertz CT molecular complexity index is 159. The molecule has 1 aliphatic rings. The van der Waals surface area contributed by atoms with Crippen molar-refractivity contribution in [3.8, 4) is 0 Å². The van der Waals surface area contributed by atoms with Gasteiger partial charge in [0.25, 0.3) is 0 Å². The van der Waals surface area contributed by atoms with Crippen LogP contribution in [0.15, 0.2) is 0 Å². The van der Waals surface area contributed by atoms with Crippen LogP contribution in [0.4, 0.5) is 0 Å². The van der Waals surface area contributed by atoms with Gasteiger partial charge in [-0.05, 0) is 31.1 Å². The number of hydrogen-bond acceptors (Lipinski definition) is 0. The number of rotatable bonds is 9. The summed E-state index contributed by atoms with van der Waals surface area (Å²) in [5, 5.41) is 0. The van der Waals surface area contributed by atoms with Gasteiger partial charge in [0.15, 0.2) is 0 Å². The largest absolute Gasteiger partial charge is 0.0775 e. The van der Waals surface area contributed by atoms with E-state index < -0.39 is 0 Å². The third-order valence-corrected chi connectivity index (χ3v) is 5.83. The van der Waals surface area contributed by atoms with E-state index in [-0.39, 0.29) is 0 Å². The van der Waals surface area contributed by atoms with Crippen LogP contribution in [0.1, 0.15) is 96.8 Å². The second-order valence-electron chi connectivity index (χ2n) is 6.03. The molecule has 1 heteroatoms. The molecule has 0 bridgehead atoms. The van der Waals surface area contributed by atoms with Crippen molar-refractivity contribution >= 4 is 8.58 Å². The molecule has 0 atom stereocenters. The highest BCUT2D eigenvalue weighted by atomic mass is 31.1. The molecule has 0 spiro atoms. The van der Waals surface area contributed by atoms with Crippen LogP contribution >= 0.6 is 8.58 Å². The van der Waals surface area contributed by atoms with E-state index in [1.807, 2.05) is 0 Å². The predicted octanol–water partition coefficient (Wildman–Crippen LogP) is 6.80. The van der Waals surface area contributed by atoms with Gasteiger partial charge in [-0.1, -0.05) is 86.1 Å². The molecule has 0 heterocycles. The lowest BCUT2D eigenvalue weighted by atomic mass is 10.0. The fraction of sp³-hybridized carbons (Fsp3) is 1.00. The number of unbranched alkanes of at least 4 members (excludes halogenated alkanes) is 6. The van der Waals surface area contributed by atoms with Gasteiger partial charge in [0.2, 0.25) is 0 Å². The van der Waals surface area contributed by atoms with E-state index in [0.717, 1.165) is 5.66 Å². The molecule has 1 rings (SSSR count). The molecule has 0 unspecified atom stereocenters. The molecule has 0 saturated heterocycles. The minimum absolute atomic E-state index is 1.06. The second kappa shape index (κ2) is 12.5. The molecular weight excluding hydrogens is 235 g/mol. The fourth-order valence-electron chi connectivity index (χ4n) is 2.96. The van der Waals surface area contributed by atoms with Gasteiger partial charge in [0.1, 0.15) is 0 Å². The van der Waals surface area contributed by atoms with Crippen LogP contribution in [0.25, 0.3) is 0 Å². The van der Waals surface area contributed by atoms with E-state index in [0.29, 0.717) is 0 Å². The van der Waals surface area contributed by atoms with E-state index in [1.54, 1.807) is 8.58 Å². The first-order chi connectivity index (χ1) is 8.93.